The van der Waals surface area contributed by atoms with Crippen molar-refractivity contribution < 1.29 is 19.4 Å². The molecule has 0 fully saturated rings. The van der Waals surface area contributed by atoms with Crippen molar-refractivity contribution in [2.75, 3.05) is 6.54 Å². The van der Waals surface area contributed by atoms with E-state index in [9.17, 15) is 19.2 Å². The van der Waals surface area contributed by atoms with E-state index < -0.39 is 22.9 Å². The average Bonchev–Trinajstić information content (AvgIpc) is 2.88. The van der Waals surface area contributed by atoms with Crippen molar-refractivity contribution in [3.63, 3.8) is 0 Å². The van der Waals surface area contributed by atoms with Gasteiger partial charge >= 0.3 is 11.7 Å². The molecular formula is C25H17Cl2N5O6. The second kappa shape index (κ2) is 10.1. The molecule has 0 bridgehead atoms. The van der Waals surface area contributed by atoms with Gasteiger partial charge < -0.3 is 14.7 Å². The summed E-state index contributed by atoms with van der Waals surface area (Å²) in [7, 11) is 0. The number of aromatic carboxylic acids is 1. The maximum atomic E-state index is 13.0. The number of carboxylic acid groups (broad SMARTS) is 1. The summed E-state index contributed by atoms with van der Waals surface area (Å²) in [4.78, 5) is 55.9. The Morgan fingerprint density at radius 3 is 2.55 bits per heavy atom. The number of carbonyl (C=O) groups is 2. The minimum Gasteiger partial charge on any atom is -0.476 e. The second-order valence-electron chi connectivity index (χ2n) is 8.32. The van der Waals surface area contributed by atoms with Gasteiger partial charge in [-0.05, 0) is 53.9 Å². The van der Waals surface area contributed by atoms with E-state index in [1.54, 1.807) is 35.5 Å². The van der Waals surface area contributed by atoms with Gasteiger partial charge in [0.15, 0.2) is 5.75 Å². The third-order valence-electron chi connectivity index (χ3n) is 5.82. The van der Waals surface area contributed by atoms with Crippen molar-refractivity contribution in [3.8, 4) is 17.2 Å². The number of amides is 1. The van der Waals surface area contributed by atoms with Crippen LogP contribution in [0.2, 0.25) is 10.0 Å². The Morgan fingerprint density at radius 1 is 1.11 bits per heavy atom. The number of pyridine rings is 1. The van der Waals surface area contributed by atoms with E-state index in [1.165, 1.54) is 12.1 Å². The van der Waals surface area contributed by atoms with Crippen LogP contribution >= 0.6 is 23.2 Å². The number of aromatic amines is 1. The summed E-state index contributed by atoms with van der Waals surface area (Å²) in [5.41, 5.74) is -0.655. The Labute approximate surface area is 223 Å². The summed E-state index contributed by atoms with van der Waals surface area (Å²) < 4.78 is 6.57. The molecule has 1 amide bonds. The minimum atomic E-state index is -1.61. The first-order chi connectivity index (χ1) is 18.2. The van der Waals surface area contributed by atoms with Crippen LogP contribution in [0.3, 0.4) is 0 Å². The number of rotatable bonds is 6. The van der Waals surface area contributed by atoms with Crippen molar-refractivity contribution in [1.82, 2.24) is 24.6 Å². The summed E-state index contributed by atoms with van der Waals surface area (Å²) in [6.45, 7) is 0.989. The molecule has 0 radical (unpaired) electrons. The number of hydrogen-bond acceptors (Lipinski definition) is 7. The topological polar surface area (TPSA) is 147 Å². The zero-order chi connectivity index (χ0) is 27.0. The molecule has 3 heterocycles. The van der Waals surface area contributed by atoms with E-state index in [2.05, 4.69) is 10.1 Å². The zero-order valence-corrected chi connectivity index (χ0v) is 20.9. The van der Waals surface area contributed by atoms with Crippen LogP contribution < -0.4 is 16.0 Å². The first kappa shape index (κ1) is 25.2. The number of H-pyrrole nitrogens is 1. The molecule has 0 aliphatic carbocycles. The highest BCUT2D eigenvalue weighted by molar-refractivity contribution is 6.37. The average molecular weight is 554 g/mol. The number of ether oxygens (including phenoxy) is 1. The largest absolute Gasteiger partial charge is 0.476 e. The molecule has 0 unspecified atom stereocenters. The summed E-state index contributed by atoms with van der Waals surface area (Å²) in [5.74, 6) is -1.24. The van der Waals surface area contributed by atoms with Crippen LogP contribution in [-0.2, 0) is 13.0 Å². The lowest BCUT2D eigenvalue weighted by molar-refractivity contribution is 0.0683. The van der Waals surface area contributed by atoms with Crippen LogP contribution in [0.25, 0.3) is 5.69 Å². The smallest absolute Gasteiger partial charge is 0.362 e. The molecule has 5 rings (SSSR count). The maximum absolute atomic E-state index is 13.0. The van der Waals surface area contributed by atoms with Crippen molar-refractivity contribution >= 4 is 35.1 Å². The van der Waals surface area contributed by atoms with Crippen LogP contribution in [0.5, 0.6) is 11.5 Å². The molecule has 192 valence electrons. The molecule has 2 aromatic carbocycles. The van der Waals surface area contributed by atoms with E-state index in [0.29, 0.717) is 35.5 Å². The van der Waals surface area contributed by atoms with E-state index in [1.807, 2.05) is 17.1 Å². The number of nitrogens with zero attached hydrogens (tertiary/aromatic N) is 4. The molecule has 2 aromatic heterocycles. The van der Waals surface area contributed by atoms with Crippen molar-refractivity contribution in [3.05, 3.63) is 108 Å². The summed E-state index contributed by atoms with van der Waals surface area (Å²) in [6, 6.07) is 11.4. The Kier molecular flexibility index (Phi) is 6.70. The molecule has 38 heavy (non-hydrogen) atoms. The van der Waals surface area contributed by atoms with Crippen molar-refractivity contribution in [1.29, 1.82) is 0 Å². The lowest BCUT2D eigenvalue weighted by Crippen LogP contribution is -2.37. The highest BCUT2D eigenvalue weighted by Crippen LogP contribution is 2.39. The number of nitrogens with one attached hydrogen (secondary N) is 1. The van der Waals surface area contributed by atoms with Crippen LogP contribution in [-0.4, -0.2) is 48.2 Å². The number of carboxylic acids is 1. The standard InChI is InChI=1S/C25H17Cl2N5O6/c26-18-9-15(32-25(37)29-22(33)20(30-32)24(35)36)10-19(27)21(18)38-16-3-4-17-14(8-16)5-7-31(23(17)34)12-13-2-1-6-28-11-13/h1-4,6,8-11H,5,7,12H2,(H,35,36)(H,29,33,37). The van der Waals surface area contributed by atoms with Crippen molar-refractivity contribution in [2.24, 2.45) is 0 Å². The number of carbonyl (C=O) groups excluding carboxylic acids is 1. The number of benzene rings is 2. The van der Waals surface area contributed by atoms with Gasteiger partial charge in [0.25, 0.3) is 11.5 Å². The number of fused-ring (bicyclic) bond motifs is 1. The number of aromatic nitrogens is 4. The maximum Gasteiger partial charge on any atom is 0.362 e. The molecule has 1 aliphatic rings. The normalized spacial score (nSPS) is 12.8. The SMILES string of the molecule is O=C(O)c1nn(-c2cc(Cl)c(Oc3ccc4c(c3)CCN(Cc3cccnc3)C4=O)c(Cl)c2)c(=O)[nH]c1=O. The monoisotopic (exact) mass is 553 g/mol. The lowest BCUT2D eigenvalue weighted by atomic mass is 9.98. The minimum absolute atomic E-state index is 0.000665. The van der Waals surface area contributed by atoms with E-state index in [0.717, 1.165) is 11.1 Å². The fraction of sp³-hybridized carbons (Fsp3) is 0.120. The van der Waals surface area contributed by atoms with Gasteiger partial charge in [0, 0.05) is 31.0 Å². The molecule has 0 saturated carbocycles. The van der Waals surface area contributed by atoms with Gasteiger partial charge in [-0.25, -0.2) is 9.59 Å². The summed E-state index contributed by atoms with van der Waals surface area (Å²) >= 11 is 12.8. The molecule has 0 atom stereocenters. The molecule has 1 aliphatic heterocycles. The fourth-order valence-corrected chi connectivity index (χ4v) is 4.59. The van der Waals surface area contributed by atoms with E-state index >= 15 is 0 Å². The first-order valence-electron chi connectivity index (χ1n) is 11.2. The quantitative estimate of drug-likeness (QED) is 0.369. The van der Waals surface area contributed by atoms with Gasteiger partial charge in [-0.15, -0.1) is 0 Å². The van der Waals surface area contributed by atoms with Crippen LogP contribution in [0.4, 0.5) is 0 Å². The van der Waals surface area contributed by atoms with Gasteiger partial charge in [0.1, 0.15) is 5.75 Å². The Morgan fingerprint density at radius 2 is 1.87 bits per heavy atom. The van der Waals surface area contributed by atoms with Crippen molar-refractivity contribution in [2.45, 2.75) is 13.0 Å². The predicted molar refractivity (Wildman–Crippen MR) is 137 cm³/mol. The van der Waals surface area contributed by atoms with Crippen LogP contribution in [0.15, 0.2) is 64.4 Å². The first-order valence-corrected chi connectivity index (χ1v) is 11.9. The third-order valence-corrected chi connectivity index (χ3v) is 6.38. The Bertz CT molecular complexity index is 1680. The van der Waals surface area contributed by atoms with E-state index in [-0.39, 0.29) is 27.4 Å². The zero-order valence-electron chi connectivity index (χ0n) is 19.4. The van der Waals surface area contributed by atoms with Gasteiger partial charge in [0.05, 0.1) is 15.7 Å². The highest BCUT2D eigenvalue weighted by Gasteiger charge is 2.25. The lowest BCUT2D eigenvalue weighted by Gasteiger charge is -2.29. The molecule has 13 heteroatoms. The number of halogens is 2. The Balaban J connectivity index is 1.39. The summed E-state index contributed by atoms with van der Waals surface area (Å²) in [6.07, 6.45) is 4.03. The van der Waals surface area contributed by atoms with Gasteiger partial charge in [0.2, 0.25) is 5.69 Å². The van der Waals surface area contributed by atoms with Gasteiger partial charge in [-0.2, -0.15) is 9.78 Å². The van der Waals surface area contributed by atoms with Crippen LogP contribution in [0.1, 0.15) is 32.0 Å². The Hall–Kier alpha value is -4.48. The van der Waals surface area contributed by atoms with E-state index in [4.69, 9.17) is 33.0 Å². The predicted octanol–water partition coefficient (Wildman–Crippen LogP) is 3.31. The van der Waals surface area contributed by atoms with Crippen LogP contribution in [0, 0.1) is 0 Å². The van der Waals surface area contributed by atoms with Gasteiger partial charge in [-0.3, -0.25) is 19.6 Å². The second-order valence-corrected chi connectivity index (χ2v) is 9.14. The fourth-order valence-electron chi connectivity index (χ4n) is 4.04. The molecule has 11 nitrogen and oxygen atoms in total. The molecule has 4 aromatic rings. The molecule has 0 spiro atoms. The molecular weight excluding hydrogens is 537 g/mol. The van der Waals surface area contributed by atoms with Gasteiger partial charge in [-0.1, -0.05) is 29.3 Å². The molecule has 0 saturated heterocycles. The number of hydrogen-bond donors (Lipinski definition) is 2. The summed E-state index contributed by atoms with van der Waals surface area (Å²) in [5, 5.41) is 12.7. The third kappa shape index (κ3) is 4.89. The molecule has 2 N–H and O–H groups in total. The highest BCUT2D eigenvalue weighted by atomic mass is 35.5.